The van der Waals surface area contributed by atoms with Gasteiger partial charge in [-0.1, -0.05) is 24.3 Å². The fraction of sp³-hybridized carbons (Fsp3) is 0.435. The third-order valence-electron chi connectivity index (χ3n) is 13.4. The molecular formula is C46H53N7O8S. The first-order chi connectivity index (χ1) is 30.1. The minimum Gasteiger partial charge on any atom is -0.455 e. The normalized spacial score (nSPS) is 19.7. The number of rotatable bonds is 14. The van der Waals surface area contributed by atoms with E-state index in [2.05, 4.69) is 54.1 Å². The van der Waals surface area contributed by atoms with Crippen molar-refractivity contribution >= 4 is 44.0 Å². The van der Waals surface area contributed by atoms with Crippen LogP contribution in [0.4, 0.5) is 17.1 Å². The van der Waals surface area contributed by atoms with E-state index in [4.69, 9.17) is 14.2 Å². The Balaban J connectivity index is 0.901. The van der Waals surface area contributed by atoms with E-state index in [1.165, 1.54) is 48.9 Å². The molecule has 16 heteroatoms. The standard InChI is InChI=1S/C46H53N7O8S/c1-59-30-33-5-2-3-6-38(33)41-7-4-18-52(41)35-26-46(27-35)15-19-51(20-16-46)34-8-10-39(43(24-34)61-36-23-32-12-17-47-44(32)49-29-36)45(54)50-62(57,58)37-9-11-40(42(25-37)53(55)56)48-28-31-13-21-60-22-14-31/h2-3,5-6,8-12,17,23-25,29,31,35,41,48H,4,7,13-16,18-22,26-28,30H2,1H3,(H,47,49)(H,50,54). The highest BCUT2D eigenvalue weighted by Crippen LogP contribution is 2.54. The molecule has 62 heavy (non-hydrogen) atoms. The minimum atomic E-state index is -4.54. The van der Waals surface area contributed by atoms with Crippen LogP contribution in [0.3, 0.4) is 0 Å². The number of nitrogens with one attached hydrogen (secondary N) is 3. The fourth-order valence-electron chi connectivity index (χ4n) is 10.0. The number of nitrogens with zero attached hydrogens (tertiary/aromatic N) is 4. The van der Waals surface area contributed by atoms with Gasteiger partial charge in [0.2, 0.25) is 0 Å². The number of fused-ring (bicyclic) bond motifs is 1. The SMILES string of the molecule is COCc1ccccc1C1CCCN1C1CC2(CCN(c3ccc(C(=O)NS(=O)(=O)c4ccc(NCC5CCOCC5)c([N+](=O)[O-])c4)c(Oc4cnc5[nH]ccc5c4)c3)CC2)C1. The molecule has 3 N–H and O–H groups in total. The third kappa shape index (κ3) is 8.73. The molecule has 1 unspecified atom stereocenters. The summed E-state index contributed by atoms with van der Waals surface area (Å²) < 4.78 is 46.8. The number of likely N-dealkylation sites (tertiary alicyclic amines) is 1. The maximum atomic E-state index is 13.9. The quantitative estimate of drug-likeness (QED) is 0.0725. The molecule has 4 aliphatic rings. The molecule has 3 saturated heterocycles. The Bertz CT molecular complexity index is 2540. The van der Waals surface area contributed by atoms with E-state index >= 15 is 0 Å². The molecule has 1 amide bonds. The molecule has 9 rings (SSSR count). The van der Waals surface area contributed by atoms with Crippen LogP contribution in [0.2, 0.25) is 0 Å². The molecule has 1 spiro atoms. The molecule has 15 nitrogen and oxygen atoms in total. The van der Waals surface area contributed by atoms with Crippen molar-refractivity contribution in [1.82, 2.24) is 19.6 Å². The number of ether oxygens (including phenoxy) is 3. The number of piperidine rings is 1. The van der Waals surface area contributed by atoms with Gasteiger partial charge in [-0.05, 0) is 117 Å². The van der Waals surface area contributed by atoms with Crippen LogP contribution in [-0.4, -0.2) is 86.7 Å². The topological polar surface area (TPSA) is 181 Å². The second-order valence-electron chi connectivity index (χ2n) is 17.3. The first-order valence-corrected chi connectivity index (χ1v) is 23.1. The van der Waals surface area contributed by atoms with Crippen molar-refractivity contribution in [3.63, 3.8) is 0 Å². The van der Waals surface area contributed by atoms with Gasteiger partial charge < -0.3 is 29.4 Å². The minimum absolute atomic E-state index is 0.0155. The van der Waals surface area contributed by atoms with Gasteiger partial charge in [-0.25, -0.2) is 18.1 Å². The predicted octanol–water partition coefficient (Wildman–Crippen LogP) is 7.95. The molecule has 326 valence electrons. The van der Waals surface area contributed by atoms with Crippen LogP contribution in [0.25, 0.3) is 11.0 Å². The second kappa shape index (κ2) is 17.7. The summed E-state index contributed by atoms with van der Waals surface area (Å²) in [5.41, 5.74) is 4.27. The van der Waals surface area contributed by atoms with Crippen LogP contribution in [-0.2, 0) is 26.1 Å². The van der Waals surface area contributed by atoms with Crippen LogP contribution in [0.5, 0.6) is 11.5 Å². The lowest BCUT2D eigenvalue weighted by Gasteiger charge is -2.56. The Labute approximate surface area is 361 Å². The lowest BCUT2D eigenvalue weighted by atomic mass is 9.59. The Hall–Kier alpha value is -5.55. The Morgan fingerprint density at radius 1 is 1.02 bits per heavy atom. The number of nitro groups is 1. The van der Waals surface area contributed by atoms with Gasteiger partial charge in [-0.15, -0.1) is 0 Å². The zero-order chi connectivity index (χ0) is 42.8. The van der Waals surface area contributed by atoms with Crippen LogP contribution in [0.15, 0.2) is 90.1 Å². The van der Waals surface area contributed by atoms with Crippen molar-refractivity contribution in [3.05, 3.63) is 112 Å². The number of methoxy groups -OCH3 is 1. The number of hydrogen-bond donors (Lipinski definition) is 3. The first-order valence-electron chi connectivity index (χ1n) is 21.6. The number of aromatic nitrogens is 2. The van der Waals surface area contributed by atoms with Crippen LogP contribution in [0, 0.1) is 21.4 Å². The van der Waals surface area contributed by atoms with Gasteiger partial charge in [0, 0.05) is 81.4 Å². The zero-order valence-electron chi connectivity index (χ0n) is 34.9. The molecule has 0 radical (unpaired) electrons. The van der Waals surface area contributed by atoms with E-state index in [1.54, 1.807) is 37.7 Å². The number of carbonyl (C=O) groups is 1. The van der Waals surface area contributed by atoms with E-state index in [-0.39, 0.29) is 22.9 Å². The number of anilines is 2. The van der Waals surface area contributed by atoms with Crippen molar-refractivity contribution in [3.8, 4) is 11.5 Å². The summed E-state index contributed by atoms with van der Waals surface area (Å²) >= 11 is 0. The number of benzene rings is 3. The Kier molecular flexibility index (Phi) is 11.9. The second-order valence-corrected chi connectivity index (χ2v) is 18.9. The summed E-state index contributed by atoms with van der Waals surface area (Å²) in [6.07, 6.45) is 11.8. The summed E-state index contributed by atoms with van der Waals surface area (Å²) in [6.45, 7) is 5.16. The van der Waals surface area contributed by atoms with Crippen molar-refractivity contribution in [1.29, 1.82) is 0 Å². The number of sulfonamides is 1. The highest BCUT2D eigenvalue weighted by Gasteiger charge is 2.50. The lowest BCUT2D eigenvalue weighted by Crippen LogP contribution is -2.54. The van der Waals surface area contributed by atoms with E-state index < -0.39 is 31.4 Å². The van der Waals surface area contributed by atoms with Gasteiger partial charge >= 0.3 is 0 Å². The van der Waals surface area contributed by atoms with E-state index in [0.29, 0.717) is 55.3 Å². The average Bonchev–Trinajstić information content (AvgIpc) is 3.95. The van der Waals surface area contributed by atoms with Gasteiger partial charge in [0.05, 0.1) is 28.2 Å². The molecule has 1 aliphatic carbocycles. The molecule has 2 aromatic heterocycles. The van der Waals surface area contributed by atoms with Crippen LogP contribution >= 0.6 is 0 Å². The number of amides is 1. The highest BCUT2D eigenvalue weighted by molar-refractivity contribution is 7.90. The summed E-state index contributed by atoms with van der Waals surface area (Å²) in [6, 6.07) is 22.1. The van der Waals surface area contributed by atoms with E-state index in [1.807, 2.05) is 12.1 Å². The highest BCUT2D eigenvalue weighted by atomic mass is 32.2. The summed E-state index contributed by atoms with van der Waals surface area (Å²) in [5, 5.41) is 16.0. The number of carbonyl (C=O) groups excluding carboxylic acids is 1. The molecule has 3 aromatic carbocycles. The van der Waals surface area contributed by atoms with Gasteiger partial charge in [0.1, 0.15) is 22.8 Å². The monoisotopic (exact) mass is 863 g/mol. The summed E-state index contributed by atoms with van der Waals surface area (Å²) in [5.74, 6) is -0.132. The Morgan fingerprint density at radius 2 is 1.82 bits per heavy atom. The maximum Gasteiger partial charge on any atom is 0.293 e. The molecule has 5 heterocycles. The van der Waals surface area contributed by atoms with Crippen molar-refractivity contribution in [2.45, 2.75) is 75.0 Å². The van der Waals surface area contributed by atoms with Crippen LogP contribution < -0.4 is 19.7 Å². The molecular weight excluding hydrogens is 811 g/mol. The number of pyridine rings is 1. The maximum absolute atomic E-state index is 13.9. The Morgan fingerprint density at radius 3 is 2.61 bits per heavy atom. The van der Waals surface area contributed by atoms with E-state index in [9.17, 15) is 23.3 Å². The van der Waals surface area contributed by atoms with Gasteiger partial charge in [0.25, 0.3) is 21.6 Å². The number of H-pyrrole nitrogens is 1. The molecule has 3 aliphatic heterocycles. The molecule has 5 aromatic rings. The molecule has 1 atom stereocenters. The molecule has 4 fully saturated rings. The fourth-order valence-corrected chi connectivity index (χ4v) is 11.0. The first kappa shape index (κ1) is 41.8. The summed E-state index contributed by atoms with van der Waals surface area (Å²) in [7, 11) is -2.79. The summed E-state index contributed by atoms with van der Waals surface area (Å²) in [4.78, 5) is 37.5. The number of hydrogen-bond acceptors (Lipinski definition) is 12. The lowest BCUT2D eigenvalue weighted by molar-refractivity contribution is -0.384. The third-order valence-corrected chi connectivity index (χ3v) is 14.8. The predicted molar refractivity (Wildman–Crippen MR) is 235 cm³/mol. The van der Waals surface area contributed by atoms with Gasteiger partial charge in [0.15, 0.2) is 0 Å². The van der Waals surface area contributed by atoms with Gasteiger partial charge in [-0.3, -0.25) is 19.8 Å². The molecule has 0 bridgehead atoms. The van der Waals surface area contributed by atoms with Gasteiger partial charge in [-0.2, -0.15) is 0 Å². The van der Waals surface area contributed by atoms with Crippen molar-refractivity contribution < 1.29 is 32.3 Å². The smallest absolute Gasteiger partial charge is 0.293 e. The number of nitro benzene ring substituents is 1. The van der Waals surface area contributed by atoms with Crippen molar-refractivity contribution in [2.75, 3.05) is 56.7 Å². The van der Waals surface area contributed by atoms with Crippen molar-refractivity contribution in [2.24, 2.45) is 11.3 Å². The largest absolute Gasteiger partial charge is 0.455 e. The van der Waals surface area contributed by atoms with E-state index in [0.717, 1.165) is 62.5 Å². The van der Waals surface area contributed by atoms with Crippen LogP contribution in [0.1, 0.15) is 78.9 Å². The average molecular weight is 864 g/mol. The zero-order valence-corrected chi connectivity index (χ0v) is 35.7. The molecule has 1 saturated carbocycles. The number of aromatic amines is 1.